The van der Waals surface area contributed by atoms with Crippen molar-refractivity contribution in [3.05, 3.63) is 182 Å². The fraction of sp³-hybridized carbons (Fsp3) is 0.609. The van der Waals surface area contributed by atoms with E-state index in [1.807, 2.05) is 18.2 Å². The molecular formula is C87H140O17P2. The quantitative estimate of drug-likeness (QED) is 0.0169. The first-order chi connectivity index (χ1) is 51.7. The normalized spacial score (nSPS) is 14.8. The Hall–Kier alpha value is -5.84. The highest BCUT2D eigenvalue weighted by molar-refractivity contribution is 7.47. The van der Waals surface area contributed by atoms with Gasteiger partial charge in [0.25, 0.3) is 0 Å². The van der Waals surface area contributed by atoms with Gasteiger partial charge in [-0.25, -0.2) is 9.13 Å². The molecule has 0 aliphatic heterocycles. The molecule has 0 aromatic rings. The van der Waals surface area contributed by atoms with Gasteiger partial charge in [-0.3, -0.25) is 37.3 Å². The predicted molar refractivity (Wildman–Crippen MR) is 436 cm³/mol. The van der Waals surface area contributed by atoms with Crippen molar-refractivity contribution in [2.75, 3.05) is 39.6 Å². The Morgan fingerprint density at radius 1 is 0.274 bits per heavy atom. The van der Waals surface area contributed by atoms with Gasteiger partial charge < -0.3 is 33.8 Å². The maximum Gasteiger partial charge on any atom is 0.472 e. The lowest BCUT2D eigenvalue weighted by Gasteiger charge is -2.21. The zero-order chi connectivity index (χ0) is 77.4. The second-order valence-electron chi connectivity index (χ2n) is 25.9. The van der Waals surface area contributed by atoms with E-state index in [9.17, 15) is 43.2 Å². The SMILES string of the molecule is CC/C=C\C/C=C\C/C=C\C/C=C\C/C=C\C/C=C\CCC(=O)OCC(COP(=O)(O)OCC(O)COP(=O)(O)OCC(COC(=O)CCCCCCCC/C=C\C/C=C\C/C=C\C/C=C\CC)OC(=O)CCCCCC/C=C\C/C=C\C/C=C\C/C=C\CC)OC(=O)CCCCCCC/C=C\CCCC. The molecule has 106 heavy (non-hydrogen) atoms. The number of aliphatic hydroxyl groups is 1. The number of phosphoric ester groups is 2. The summed E-state index contributed by atoms with van der Waals surface area (Å²) < 4.78 is 68.5. The Balaban J connectivity index is 5.45. The molecule has 3 N–H and O–H groups in total. The van der Waals surface area contributed by atoms with Crippen molar-refractivity contribution < 1.29 is 80.2 Å². The lowest BCUT2D eigenvalue weighted by molar-refractivity contribution is -0.161. The van der Waals surface area contributed by atoms with E-state index in [1.165, 1.54) is 6.42 Å². The minimum absolute atomic E-state index is 0.0282. The van der Waals surface area contributed by atoms with Crippen molar-refractivity contribution in [2.45, 2.75) is 303 Å². The van der Waals surface area contributed by atoms with E-state index in [-0.39, 0.29) is 25.7 Å². The van der Waals surface area contributed by atoms with E-state index in [0.29, 0.717) is 32.1 Å². The molecular weight excluding hydrogens is 1380 g/mol. The van der Waals surface area contributed by atoms with Crippen LogP contribution in [0.1, 0.15) is 285 Å². The molecule has 0 amide bonds. The molecule has 0 radical (unpaired) electrons. The van der Waals surface area contributed by atoms with Crippen LogP contribution in [-0.2, 0) is 65.4 Å². The Morgan fingerprint density at radius 3 is 0.821 bits per heavy atom. The van der Waals surface area contributed by atoms with Crippen molar-refractivity contribution in [3.8, 4) is 0 Å². The van der Waals surface area contributed by atoms with Crippen LogP contribution in [0.15, 0.2) is 182 Å². The first-order valence-electron chi connectivity index (χ1n) is 40.0. The van der Waals surface area contributed by atoms with Crippen molar-refractivity contribution in [2.24, 2.45) is 0 Å². The van der Waals surface area contributed by atoms with E-state index >= 15 is 0 Å². The Kier molecular flexibility index (Phi) is 73.1. The van der Waals surface area contributed by atoms with Crippen molar-refractivity contribution in [3.63, 3.8) is 0 Å². The number of rotatable bonds is 73. The van der Waals surface area contributed by atoms with E-state index in [0.717, 1.165) is 193 Å². The van der Waals surface area contributed by atoms with Crippen LogP contribution in [0.5, 0.6) is 0 Å². The van der Waals surface area contributed by atoms with Gasteiger partial charge >= 0.3 is 39.5 Å². The molecule has 0 fully saturated rings. The van der Waals surface area contributed by atoms with Crippen LogP contribution in [0.2, 0.25) is 0 Å². The number of carbonyl (C=O) groups excluding carboxylic acids is 4. The van der Waals surface area contributed by atoms with Crippen LogP contribution in [0, 0.1) is 0 Å². The number of hydrogen-bond acceptors (Lipinski definition) is 15. The van der Waals surface area contributed by atoms with E-state index < -0.39 is 97.5 Å². The van der Waals surface area contributed by atoms with E-state index in [4.69, 9.17) is 37.0 Å². The summed E-state index contributed by atoms with van der Waals surface area (Å²) in [5, 5.41) is 10.6. The number of hydrogen-bond donors (Lipinski definition) is 3. The summed E-state index contributed by atoms with van der Waals surface area (Å²) in [7, 11) is -10.0. The minimum Gasteiger partial charge on any atom is -0.462 e. The number of carbonyl (C=O) groups is 4. The summed E-state index contributed by atoms with van der Waals surface area (Å²) in [6, 6.07) is 0. The molecule has 0 saturated heterocycles. The number of unbranched alkanes of at least 4 members (excludes halogenated alkanes) is 17. The molecule has 0 aromatic heterocycles. The number of esters is 4. The van der Waals surface area contributed by atoms with Crippen molar-refractivity contribution in [1.82, 2.24) is 0 Å². The first-order valence-corrected chi connectivity index (χ1v) is 43.0. The van der Waals surface area contributed by atoms with Gasteiger partial charge in [0.2, 0.25) is 0 Å². The second kappa shape index (κ2) is 77.3. The standard InChI is InChI=1S/C87H140O17P2/c1-5-9-13-17-21-25-29-32-35-38-40-43-45-48-52-55-59-63-67-71-84(89)97-77-82(103-86(91)73-69-65-61-57-51-28-24-20-16-12-8-4)79-101-105(93,94)99-75-81(88)76-100-106(95,96)102-80-83(104-87(92)74-70-66-62-58-54-50-47-42-37-34-31-27-23-19-15-11-7-3)78-98-85(90)72-68-64-60-56-53-49-46-44-41-39-36-33-30-26-22-18-14-10-6-2/h9-11,13-15,20-27,32-37,40-41,43-44,47-48,50,52,59,63,81-83,88H,5-8,12,16-19,28-31,38-39,42,45-46,49,51,53-58,60-62,64-80H2,1-4H3,(H,93,94)(H,95,96)/b13-9-,14-10-,15-11-,24-20-,25-21-,26-22-,27-23-,35-32-,36-33-,37-34-,43-40-,44-41-,50-47-,52-48-,63-59-. The van der Waals surface area contributed by atoms with Crippen molar-refractivity contribution >= 4 is 39.5 Å². The lowest BCUT2D eigenvalue weighted by atomic mass is 10.1. The molecule has 600 valence electrons. The van der Waals surface area contributed by atoms with Crippen LogP contribution in [0.4, 0.5) is 0 Å². The van der Waals surface area contributed by atoms with Gasteiger partial charge in [0.1, 0.15) is 19.3 Å². The smallest absolute Gasteiger partial charge is 0.462 e. The van der Waals surface area contributed by atoms with Gasteiger partial charge in [-0.2, -0.15) is 0 Å². The summed E-state index contributed by atoms with van der Waals surface area (Å²) >= 11 is 0. The zero-order valence-corrected chi connectivity index (χ0v) is 67.3. The first kappa shape index (κ1) is 100. The summed E-state index contributed by atoms with van der Waals surface area (Å²) in [4.78, 5) is 73.0. The number of phosphoric acid groups is 2. The van der Waals surface area contributed by atoms with Gasteiger partial charge in [0.05, 0.1) is 26.4 Å². The summed E-state index contributed by atoms with van der Waals surface area (Å²) in [5.41, 5.74) is 0. The summed E-state index contributed by atoms with van der Waals surface area (Å²) in [5.74, 6) is -2.34. The molecule has 0 bridgehead atoms. The van der Waals surface area contributed by atoms with Gasteiger partial charge in [0.15, 0.2) is 12.2 Å². The predicted octanol–water partition coefficient (Wildman–Crippen LogP) is 23.6. The van der Waals surface area contributed by atoms with Crippen molar-refractivity contribution in [1.29, 1.82) is 0 Å². The van der Waals surface area contributed by atoms with Crippen LogP contribution >= 0.6 is 15.6 Å². The molecule has 0 aromatic carbocycles. The lowest BCUT2D eigenvalue weighted by Crippen LogP contribution is -2.30. The monoisotopic (exact) mass is 1520 g/mol. The van der Waals surface area contributed by atoms with Gasteiger partial charge in [0, 0.05) is 25.7 Å². The molecule has 0 spiro atoms. The van der Waals surface area contributed by atoms with Gasteiger partial charge in [-0.05, 0) is 161 Å². The Bertz CT molecular complexity index is 2730. The average molecular weight is 1520 g/mol. The van der Waals surface area contributed by atoms with E-state index in [1.54, 1.807) is 0 Å². The largest absolute Gasteiger partial charge is 0.472 e. The third-order valence-corrected chi connectivity index (χ3v) is 17.8. The highest BCUT2D eigenvalue weighted by Crippen LogP contribution is 2.45. The number of aliphatic hydroxyl groups excluding tert-OH is 1. The number of ether oxygens (including phenoxy) is 4. The summed E-state index contributed by atoms with van der Waals surface area (Å²) in [6.07, 6.45) is 93.2. The molecule has 0 saturated carbocycles. The zero-order valence-electron chi connectivity index (χ0n) is 65.5. The topological polar surface area (TPSA) is 237 Å². The third-order valence-electron chi connectivity index (χ3n) is 15.9. The van der Waals surface area contributed by atoms with Gasteiger partial charge in [-0.1, -0.05) is 281 Å². The van der Waals surface area contributed by atoms with Crippen LogP contribution in [-0.4, -0.2) is 96.7 Å². The molecule has 0 rings (SSSR count). The second-order valence-corrected chi connectivity index (χ2v) is 28.8. The van der Waals surface area contributed by atoms with Crippen LogP contribution in [0.3, 0.4) is 0 Å². The van der Waals surface area contributed by atoms with Gasteiger partial charge in [-0.15, -0.1) is 0 Å². The fourth-order valence-electron chi connectivity index (χ4n) is 9.86. The molecule has 5 atom stereocenters. The van der Waals surface area contributed by atoms with Crippen LogP contribution < -0.4 is 0 Å². The number of allylic oxidation sites excluding steroid dienone is 30. The maximum atomic E-state index is 13.1. The third kappa shape index (κ3) is 76.4. The molecule has 19 heteroatoms. The molecule has 0 aliphatic carbocycles. The fourth-order valence-corrected chi connectivity index (χ4v) is 11.4. The molecule has 0 aliphatic rings. The Labute approximate surface area is 641 Å². The average Bonchev–Trinajstić information content (AvgIpc) is 0.901. The highest BCUT2D eigenvalue weighted by Gasteiger charge is 2.30. The van der Waals surface area contributed by atoms with E-state index in [2.05, 4.69) is 192 Å². The molecule has 0 heterocycles. The Morgan fingerprint density at radius 2 is 0.509 bits per heavy atom. The minimum atomic E-state index is -5.00. The summed E-state index contributed by atoms with van der Waals surface area (Å²) in [6.45, 7) is 4.33. The molecule has 17 nitrogen and oxygen atoms in total. The maximum absolute atomic E-state index is 13.1. The van der Waals surface area contributed by atoms with Crippen LogP contribution in [0.25, 0.3) is 0 Å². The molecule has 5 unspecified atom stereocenters. The highest BCUT2D eigenvalue weighted by atomic mass is 31.2.